The predicted molar refractivity (Wildman–Crippen MR) is 112 cm³/mol. The molecule has 0 saturated carbocycles. The lowest BCUT2D eigenvalue weighted by Crippen LogP contribution is -2.66. The largest absolute Gasteiger partial charge is 0.494 e. The molecule has 2 heterocycles. The fourth-order valence-corrected chi connectivity index (χ4v) is 4.49. The Morgan fingerprint density at radius 3 is 2.52 bits per heavy atom. The van der Waals surface area contributed by atoms with Crippen LogP contribution in [0.15, 0.2) is 42.5 Å². The van der Waals surface area contributed by atoms with Gasteiger partial charge in [-0.25, -0.2) is 4.39 Å². The van der Waals surface area contributed by atoms with Gasteiger partial charge < -0.3 is 29.5 Å². The van der Waals surface area contributed by atoms with Crippen molar-refractivity contribution in [3.8, 4) is 5.75 Å². The number of aliphatic hydroxyl groups excluding tert-OH is 3. The Morgan fingerprint density at radius 2 is 1.87 bits per heavy atom. The van der Waals surface area contributed by atoms with Gasteiger partial charge in [0.1, 0.15) is 30.2 Å². The summed E-state index contributed by atoms with van der Waals surface area (Å²) in [6.45, 7) is 3.42. The summed E-state index contributed by atoms with van der Waals surface area (Å²) in [6.07, 6.45) is -6.03. The molecule has 0 amide bonds. The molecule has 168 valence electrons. The molecule has 0 radical (unpaired) electrons. The second-order valence-corrected chi connectivity index (χ2v) is 8.48. The van der Waals surface area contributed by atoms with Gasteiger partial charge in [0.05, 0.1) is 13.2 Å². The zero-order valence-electron chi connectivity index (χ0n) is 17.3. The molecule has 4 rings (SSSR count). The van der Waals surface area contributed by atoms with Crippen LogP contribution in [0.25, 0.3) is 0 Å². The number of hydrogen-bond acceptors (Lipinski definition) is 6. The van der Waals surface area contributed by atoms with Crippen molar-refractivity contribution in [2.45, 2.75) is 56.1 Å². The first kappa shape index (κ1) is 22.5. The summed E-state index contributed by atoms with van der Waals surface area (Å²) in [5.41, 5.74) is 0.343. The highest BCUT2D eigenvalue weighted by molar-refractivity contribution is 6.31. The molecule has 6 atom stereocenters. The Kier molecular flexibility index (Phi) is 6.02. The molecule has 2 aliphatic rings. The van der Waals surface area contributed by atoms with Crippen LogP contribution in [-0.2, 0) is 21.7 Å². The van der Waals surface area contributed by atoms with E-state index in [0.29, 0.717) is 23.6 Å². The van der Waals surface area contributed by atoms with Crippen LogP contribution >= 0.6 is 11.6 Å². The van der Waals surface area contributed by atoms with Crippen molar-refractivity contribution in [3.63, 3.8) is 0 Å². The topological polar surface area (TPSA) is 88.4 Å². The van der Waals surface area contributed by atoms with Crippen molar-refractivity contribution in [2.75, 3.05) is 13.2 Å². The van der Waals surface area contributed by atoms with Gasteiger partial charge in [-0.15, -0.1) is 0 Å². The van der Waals surface area contributed by atoms with Gasteiger partial charge in [0.15, 0.2) is 5.60 Å². The number of fused-ring (bicyclic) bond motifs is 2. The highest BCUT2D eigenvalue weighted by Crippen LogP contribution is 2.51. The van der Waals surface area contributed by atoms with E-state index in [0.717, 1.165) is 16.9 Å². The maximum Gasteiger partial charge on any atom is 0.225 e. The lowest BCUT2D eigenvalue weighted by atomic mass is 9.81. The molecule has 2 fully saturated rings. The number of ether oxygens (including phenoxy) is 3. The van der Waals surface area contributed by atoms with E-state index in [1.807, 2.05) is 31.2 Å². The summed E-state index contributed by atoms with van der Waals surface area (Å²) in [7, 11) is 0. The SMILES string of the molecule is CCOc1ccc(Cc2cc([C@]34OC[C@](C(C)F)(O3)[C@@H](O)[C@H](O)[C@H]4O)ccc2Cl)cc1. The number of hydrogen-bond donors (Lipinski definition) is 3. The molecule has 2 aromatic carbocycles. The molecule has 3 N–H and O–H groups in total. The maximum atomic E-state index is 14.4. The smallest absolute Gasteiger partial charge is 0.225 e. The summed E-state index contributed by atoms with van der Waals surface area (Å²) < 4.78 is 31.5. The van der Waals surface area contributed by atoms with E-state index in [9.17, 15) is 19.7 Å². The molecule has 2 saturated heterocycles. The summed E-state index contributed by atoms with van der Waals surface area (Å²) in [5.74, 6) is -1.04. The van der Waals surface area contributed by atoms with Gasteiger partial charge in [-0.05, 0) is 55.7 Å². The highest BCUT2D eigenvalue weighted by Gasteiger charge is 2.69. The van der Waals surface area contributed by atoms with E-state index < -0.39 is 35.9 Å². The van der Waals surface area contributed by atoms with E-state index in [-0.39, 0.29) is 6.61 Å². The maximum absolute atomic E-state index is 14.4. The minimum absolute atomic E-state index is 0.309. The molecule has 0 spiro atoms. The van der Waals surface area contributed by atoms with Gasteiger partial charge in [0.2, 0.25) is 5.79 Å². The third-order valence-electron chi connectivity index (χ3n) is 6.14. The molecule has 6 nitrogen and oxygen atoms in total. The van der Waals surface area contributed by atoms with Crippen LogP contribution < -0.4 is 4.74 Å². The first-order chi connectivity index (χ1) is 14.7. The van der Waals surface area contributed by atoms with Gasteiger partial charge in [0.25, 0.3) is 0 Å². The molecule has 8 heteroatoms. The molecule has 0 aliphatic carbocycles. The minimum Gasteiger partial charge on any atom is -0.494 e. The molecular weight excluding hydrogens is 427 g/mol. The average Bonchev–Trinajstić information content (AvgIpc) is 3.15. The molecule has 2 aliphatic heterocycles. The van der Waals surface area contributed by atoms with Crippen molar-refractivity contribution < 1.29 is 33.9 Å². The van der Waals surface area contributed by atoms with Crippen molar-refractivity contribution in [3.05, 3.63) is 64.2 Å². The molecule has 2 aromatic rings. The Bertz CT molecular complexity index is 938. The molecule has 31 heavy (non-hydrogen) atoms. The summed E-state index contributed by atoms with van der Waals surface area (Å²) >= 11 is 6.41. The van der Waals surface area contributed by atoms with Crippen LogP contribution in [0, 0.1) is 0 Å². The Labute approximate surface area is 185 Å². The lowest BCUT2D eigenvalue weighted by Gasteiger charge is -2.47. The van der Waals surface area contributed by atoms with Crippen LogP contribution in [0.5, 0.6) is 5.75 Å². The van der Waals surface area contributed by atoms with Crippen molar-refractivity contribution in [1.82, 2.24) is 0 Å². The van der Waals surface area contributed by atoms with E-state index >= 15 is 0 Å². The normalized spacial score (nSPS) is 33.3. The standard InChI is InChI=1S/C23H26ClFO6/c1-3-29-17-7-4-14(5-8-17)10-15-11-16(6-9-18(15)24)23-21(28)19(26)20(27)22(31-23,12-30-23)13(2)25/h4-9,11,13,19-21,26-28H,3,10,12H2,1-2H3/t13?,19-,20-,21+,22+,23-/m0/s1. The van der Waals surface area contributed by atoms with Crippen LogP contribution in [0.4, 0.5) is 4.39 Å². The van der Waals surface area contributed by atoms with Crippen LogP contribution in [0.3, 0.4) is 0 Å². The van der Waals surface area contributed by atoms with Crippen LogP contribution in [0.2, 0.25) is 5.02 Å². The zero-order chi connectivity index (χ0) is 22.4. The van der Waals surface area contributed by atoms with Gasteiger partial charge in [-0.1, -0.05) is 29.8 Å². The van der Waals surface area contributed by atoms with E-state index in [1.54, 1.807) is 18.2 Å². The van der Waals surface area contributed by atoms with E-state index in [1.165, 1.54) is 6.92 Å². The fourth-order valence-electron chi connectivity index (χ4n) is 4.30. The number of aliphatic hydroxyl groups is 3. The lowest BCUT2D eigenvalue weighted by molar-refractivity contribution is -0.333. The molecule has 0 aromatic heterocycles. The summed E-state index contributed by atoms with van der Waals surface area (Å²) in [6, 6.07) is 12.6. The van der Waals surface area contributed by atoms with Crippen molar-refractivity contribution >= 4 is 11.6 Å². The number of halogens is 2. The van der Waals surface area contributed by atoms with Crippen LogP contribution in [0.1, 0.15) is 30.5 Å². The fraction of sp³-hybridized carbons (Fsp3) is 0.478. The quantitative estimate of drug-likeness (QED) is 0.624. The van der Waals surface area contributed by atoms with Crippen molar-refractivity contribution in [1.29, 1.82) is 0 Å². The second kappa shape index (κ2) is 8.31. The number of benzene rings is 2. The predicted octanol–water partition coefficient (Wildman–Crippen LogP) is 2.72. The summed E-state index contributed by atoms with van der Waals surface area (Å²) in [4.78, 5) is 0. The molecule has 2 bridgehead atoms. The van der Waals surface area contributed by atoms with Gasteiger partial charge in [-0.2, -0.15) is 0 Å². The Morgan fingerprint density at radius 1 is 1.16 bits per heavy atom. The van der Waals surface area contributed by atoms with E-state index in [2.05, 4.69) is 0 Å². The minimum atomic E-state index is -1.81. The summed E-state index contributed by atoms with van der Waals surface area (Å²) in [5, 5.41) is 32.1. The van der Waals surface area contributed by atoms with Gasteiger partial charge in [-0.3, -0.25) is 0 Å². The second-order valence-electron chi connectivity index (χ2n) is 8.07. The molecular formula is C23H26ClFO6. The van der Waals surface area contributed by atoms with Crippen molar-refractivity contribution in [2.24, 2.45) is 0 Å². The number of alkyl halides is 1. The first-order valence-electron chi connectivity index (χ1n) is 10.3. The number of rotatable bonds is 6. The third kappa shape index (κ3) is 3.63. The van der Waals surface area contributed by atoms with Gasteiger partial charge >= 0.3 is 0 Å². The first-order valence-corrected chi connectivity index (χ1v) is 10.6. The zero-order valence-corrected chi connectivity index (χ0v) is 18.1. The van der Waals surface area contributed by atoms with Gasteiger partial charge in [0, 0.05) is 10.6 Å². The van der Waals surface area contributed by atoms with Crippen LogP contribution in [-0.4, -0.2) is 58.6 Å². The highest BCUT2D eigenvalue weighted by atomic mass is 35.5. The Balaban J connectivity index is 1.67. The van der Waals surface area contributed by atoms with E-state index in [4.69, 9.17) is 25.8 Å². The monoisotopic (exact) mass is 452 g/mol. The molecule has 1 unspecified atom stereocenters. The average molecular weight is 453 g/mol. The Hall–Kier alpha value is -1.74. The third-order valence-corrected chi connectivity index (χ3v) is 6.51.